The number of likely N-dealkylation sites (tertiary alicyclic amines) is 1. The average Bonchev–Trinajstić information content (AvgIpc) is 2.84. The molecule has 0 unspecified atom stereocenters. The molecule has 0 saturated carbocycles. The molecular weight excluding hydrogens is 288 g/mol. The van der Waals surface area contributed by atoms with Gasteiger partial charge in [-0.05, 0) is 12.0 Å². The maximum absolute atomic E-state index is 13.0. The van der Waals surface area contributed by atoms with Crippen LogP contribution < -0.4 is 0 Å². The molecule has 0 aliphatic carbocycles. The molecule has 0 spiro atoms. The highest BCUT2D eigenvalue weighted by Gasteiger charge is 2.51. The maximum atomic E-state index is 13.0. The number of rotatable bonds is 6. The summed E-state index contributed by atoms with van der Waals surface area (Å²) < 4.78 is 52.1. The van der Waals surface area contributed by atoms with Crippen molar-refractivity contribution in [3.05, 3.63) is 18.0 Å². The first kappa shape index (κ1) is 15.8. The van der Waals surface area contributed by atoms with Crippen molar-refractivity contribution < 1.29 is 17.6 Å². The lowest BCUT2D eigenvalue weighted by Crippen LogP contribution is -2.65. The minimum absolute atomic E-state index is 0.106. The van der Waals surface area contributed by atoms with Crippen LogP contribution in [0.1, 0.15) is 18.9 Å². The molecule has 0 N–H and O–H groups in total. The zero-order valence-corrected chi connectivity index (χ0v) is 11.6. The maximum Gasteiger partial charge on any atom is 0.319 e. The highest BCUT2D eigenvalue weighted by atomic mass is 19.3. The SMILES string of the molecule is CCc1cnn(C2(CC#N)CN(CC(F)(F)C(F)F)C2)c1. The number of alkyl halides is 4. The molecule has 0 radical (unpaired) electrons. The third-order valence-electron chi connectivity index (χ3n) is 3.73. The second kappa shape index (κ2) is 5.64. The normalized spacial score (nSPS) is 18.5. The van der Waals surface area contributed by atoms with Crippen molar-refractivity contribution in [3.63, 3.8) is 0 Å². The molecule has 21 heavy (non-hydrogen) atoms. The van der Waals surface area contributed by atoms with E-state index in [-0.39, 0.29) is 19.5 Å². The van der Waals surface area contributed by atoms with Crippen LogP contribution >= 0.6 is 0 Å². The van der Waals surface area contributed by atoms with E-state index < -0.39 is 24.4 Å². The Hall–Kier alpha value is -1.62. The number of hydrogen-bond donors (Lipinski definition) is 0. The van der Waals surface area contributed by atoms with Crippen LogP contribution in [0.5, 0.6) is 0 Å². The molecule has 4 nitrogen and oxygen atoms in total. The fraction of sp³-hybridized carbons (Fsp3) is 0.692. The van der Waals surface area contributed by atoms with Gasteiger partial charge in [-0.2, -0.15) is 19.1 Å². The van der Waals surface area contributed by atoms with E-state index in [9.17, 15) is 17.6 Å². The smallest absolute Gasteiger partial charge is 0.292 e. The van der Waals surface area contributed by atoms with E-state index >= 15 is 0 Å². The summed E-state index contributed by atoms with van der Waals surface area (Å²) in [6.45, 7) is 1.19. The lowest BCUT2D eigenvalue weighted by atomic mass is 9.86. The third kappa shape index (κ3) is 3.02. The first-order chi connectivity index (χ1) is 9.83. The quantitative estimate of drug-likeness (QED) is 0.757. The van der Waals surface area contributed by atoms with Gasteiger partial charge in [0.1, 0.15) is 5.54 Å². The molecule has 116 valence electrons. The van der Waals surface area contributed by atoms with Gasteiger partial charge in [0.2, 0.25) is 0 Å². The van der Waals surface area contributed by atoms with Gasteiger partial charge in [0.05, 0.1) is 25.2 Å². The van der Waals surface area contributed by atoms with Gasteiger partial charge in [0.25, 0.3) is 0 Å². The number of halogens is 4. The largest absolute Gasteiger partial charge is 0.319 e. The van der Waals surface area contributed by atoms with Gasteiger partial charge in [0, 0.05) is 19.3 Å². The van der Waals surface area contributed by atoms with Gasteiger partial charge in [-0.25, -0.2) is 8.78 Å². The van der Waals surface area contributed by atoms with Crippen molar-refractivity contribution in [2.24, 2.45) is 0 Å². The van der Waals surface area contributed by atoms with Crippen LogP contribution in [0.15, 0.2) is 12.4 Å². The predicted molar refractivity (Wildman–Crippen MR) is 67.2 cm³/mol. The van der Waals surface area contributed by atoms with Gasteiger partial charge in [-0.3, -0.25) is 9.58 Å². The molecule has 1 aliphatic heterocycles. The van der Waals surface area contributed by atoms with E-state index in [1.54, 1.807) is 17.1 Å². The van der Waals surface area contributed by atoms with Crippen molar-refractivity contribution >= 4 is 0 Å². The van der Waals surface area contributed by atoms with Crippen LogP contribution in [0.2, 0.25) is 0 Å². The summed E-state index contributed by atoms with van der Waals surface area (Å²) in [6.07, 6.45) is 0.639. The van der Waals surface area contributed by atoms with Crippen LogP contribution in [-0.4, -0.2) is 46.7 Å². The molecule has 2 rings (SSSR count). The topological polar surface area (TPSA) is 44.9 Å². The molecule has 0 amide bonds. The van der Waals surface area contributed by atoms with Crippen LogP contribution in [0.3, 0.4) is 0 Å². The number of aromatic nitrogens is 2. The van der Waals surface area contributed by atoms with Crippen molar-refractivity contribution in [2.45, 2.75) is 37.7 Å². The lowest BCUT2D eigenvalue weighted by Gasteiger charge is -2.49. The summed E-state index contributed by atoms with van der Waals surface area (Å²) in [5, 5.41) is 13.1. The minimum Gasteiger partial charge on any atom is -0.292 e. The van der Waals surface area contributed by atoms with Crippen molar-refractivity contribution in [1.29, 1.82) is 5.26 Å². The van der Waals surface area contributed by atoms with Crippen LogP contribution in [-0.2, 0) is 12.0 Å². The Morgan fingerprint density at radius 2 is 2.14 bits per heavy atom. The Morgan fingerprint density at radius 1 is 1.48 bits per heavy atom. The van der Waals surface area contributed by atoms with Crippen LogP contribution in [0.25, 0.3) is 0 Å². The molecule has 0 aromatic carbocycles. The second-order valence-electron chi connectivity index (χ2n) is 5.41. The van der Waals surface area contributed by atoms with E-state index in [0.717, 1.165) is 12.0 Å². The fourth-order valence-corrected chi connectivity index (χ4v) is 2.55. The molecule has 8 heteroatoms. The third-order valence-corrected chi connectivity index (χ3v) is 3.73. The molecule has 0 bridgehead atoms. The predicted octanol–water partition coefficient (Wildman–Crippen LogP) is 2.27. The van der Waals surface area contributed by atoms with Crippen LogP contribution in [0, 0.1) is 11.3 Å². The summed E-state index contributed by atoms with van der Waals surface area (Å²) in [5.74, 6) is -4.03. The Morgan fingerprint density at radius 3 is 2.62 bits per heavy atom. The van der Waals surface area contributed by atoms with E-state index in [2.05, 4.69) is 5.10 Å². The van der Waals surface area contributed by atoms with Gasteiger partial charge in [0.15, 0.2) is 0 Å². The average molecular weight is 304 g/mol. The number of nitriles is 1. The van der Waals surface area contributed by atoms with Gasteiger partial charge < -0.3 is 0 Å². The van der Waals surface area contributed by atoms with Crippen molar-refractivity contribution in [2.75, 3.05) is 19.6 Å². The summed E-state index contributed by atoms with van der Waals surface area (Å²) in [4.78, 5) is 1.23. The highest BCUT2D eigenvalue weighted by molar-refractivity contribution is 5.11. The van der Waals surface area contributed by atoms with E-state index in [0.29, 0.717) is 0 Å². The van der Waals surface area contributed by atoms with Gasteiger partial charge >= 0.3 is 12.3 Å². The molecule has 0 atom stereocenters. The molecule has 1 fully saturated rings. The van der Waals surface area contributed by atoms with Crippen LogP contribution in [0.4, 0.5) is 17.6 Å². The first-order valence-electron chi connectivity index (χ1n) is 6.62. The molecule has 1 saturated heterocycles. The fourth-order valence-electron chi connectivity index (χ4n) is 2.55. The number of nitrogens with zero attached hydrogens (tertiary/aromatic N) is 4. The monoisotopic (exact) mass is 304 g/mol. The standard InChI is InChI=1S/C13H16F4N4/c1-2-10-5-19-21(6-10)12(3-4-18)7-20(8-12)9-13(16,17)11(14)15/h5-6,11H,2-3,7-9H2,1H3. The van der Waals surface area contributed by atoms with Gasteiger partial charge in [-0.15, -0.1) is 0 Å². The van der Waals surface area contributed by atoms with Crippen molar-refractivity contribution in [3.8, 4) is 6.07 Å². The minimum atomic E-state index is -4.03. The first-order valence-corrected chi connectivity index (χ1v) is 6.62. The Kier molecular flexibility index (Phi) is 4.23. The van der Waals surface area contributed by atoms with E-state index in [1.807, 2.05) is 13.0 Å². The zero-order chi connectivity index (χ0) is 15.7. The molecular formula is C13H16F4N4. The number of aryl methyl sites for hydroxylation is 1. The Balaban J connectivity index is 2.06. The molecule has 2 heterocycles. The summed E-state index contributed by atoms with van der Waals surface area (Å²) in [6, 6.07) is 2.02. The Bertz CT molecular complexity index is 529. The van der Waals surface area contributed by atoms with E-state index in [1.165, 1.54) is 4.90 Å². The second-order valence-corrected chi connectivity index (χ2v) is 5.41. The van der Waals surface area contributed by atoms with E-state index in [4.69, 9.17) is 5.26 Å². The Labute approximate surface area is 119 Å². The summed E-state index contributed by atoms with van der Waals surface area (Å²) in [7, 11) is 0. The summed E-state index contributed by atoms with van der Waals surface area (Å²) in [5.41, 5.74) is 0.282. The van der Waals surface area contributed by atoms with Crippen molar-refractivity contribution in [1.82, 2.24) is 14.7 Å². The molecule has 1 aromatic rings. The molecule has 1 aliphatic rings. The highest BCUT2D eigenvalue weighted by Crippen LogP contribution is 2.35. The lowest BCUT2D eigenvalue weighted by molar-refractivity contribution is -0.161. The summed E-state index contributed by atoms with van der Waals surface area (Å²) >= 11 is 0. The zero-order valence-electron chi connectivity index (χ0n) is 11.6. The molecule has 1 aromatic heterocycles. The van der Waals surface area contributed by atoms with Gasteiger partial charge in [-0.1, -0.05) is 6.92 Å². The number of hydrogen-bond acceptors (Lipinski definition) is 3.